The predicted molar refractivity (Wildman–Crippen MR) is 134 cm³/mol. The van der Waals surface area contributed by atoms with E-state index in [9.17, 15) is 14.4 Å². The molecule has 3 rings (SSSR count). The Morgan fingerprint density at radius 1 is 0.886 bits per heavy atom. The lowest BCUT2D eigenvalue weighted by atomic mass is 10.2. The van der Waals surface area contributed by atoms with Gasteiger partial charge in [-0.1, -0.05) is 27.5 Å². The van der Waals surface area contributed by atoms with Gasteiger partial charge in [0.25, 0.3) is 0 Å². The first-order chi connectivity index (χ1) is 16.8. The van der Waals surface area contributed by atoms with E-state index >= 15 is 0 Å². The fourth-order valence-electron chi connectivity index (χ4n) is 2.77. The van der Waals surface area contributed by atoms with Crippen LogP contribution in [0.15, 0.2) is 70.2 Å². The number of hydrogen-bond acceptors (Lipinski definition) is 7. The Morgan fingerprint density at radius 2 is 1.57 bits per heavy atom. The number of ether oxygens (including phenoxy) is 3. The number of carbonyl (C=O) groups is 3. The van der Waals surface area contributed by atoms with Gasteiger partial charge in [-0.3, -0.25) is 9.59 Å². The van der Waals surface area contributed by atoms with E-state index in [4.69, 9.17) is 25.8 Å². The van der Waals surface area contributed by atoms with Crippen LogP contribution in [0.3, 0.4) is 0 Å². The molecule has 0 aliphatic carbocycles. The number of carbonyl (C=O) groups excluding carboxylic acids is 3. The highest BCUT2D eigenvalue weighted by Gasteiger charge is 2.16. The maximum absolute atomic E-state index is 12.7. The molecule has 2 N–H and O–H groups in total. The smallest absolute Gasteiger partial charge is 0.343 e. The van der Waals surface area contributed by atoms with Gasteiger partial charge in [-0.2, -0.15) is 5.10 Å². The molecular formula is C24H19BrClN3O6. The van der Waals surface area contributed by atoms with Crippen LogP contribution in [0, 0.1) is 0 Å². The van der Waals surface area contributed by atoms with Crippen molar-refractivity contribution in [3.05, 3.63) is 81.3 Å². The van der Waals surface area contributed by atoms with Crippen LogP contribution in [0.2, 0.25) is 5.02 Å². The molecule has 11 heteroatoms. The van der Waals surface area contributed by atoms with Crippen LogP contribution in [-0.2, 0) is 9.59 Å². The van der Waals surface area contributed by atoms with Gasteiger partial charge in [0.1, 0.15) is 5.75 Å². The summed E-state index contributed by atoms with van der Waals surface area (Å²) in [5, 5.41) is 6.71. The number of nitrogens with one attached hydrogen (secondary N) is 2. The number of hydrazone groups is 1. The molecule has 0 saturated carbocycles. The van der Waals surface area contributed by atoms with E-state index in [2.05, 4.69) is 31.8 Å². The third-order valence-corrected chi connectivity index (χ3v) is 5.22. The van der Waals surface area contributed by atoms with Crippen molar-refractivity contribution in [2.75, 3.05) is 19.5 Å². The highest BCUT2D eigenvalue weighted by Crippen LogP contribution is 2.29. The molecule has 0 aliphatic rings. The van der Waals surface area contributed by atoms with E-state index in [-0.39, 0.29) is 11.3 Å². The largest absolute Gasteiger partial charge is 0.493 e. The van der Waals surface area contributed by atoms with Crippen LogP contribution >= 0.6 is 27.5 Å². The maximum atomic E-state index is 12.7. The molecule has 0 bridgehead atoms. The molecule has 0 saturated heterocycles. The van der Waals surface area contributed by atoms with Crippen molar-refractivity contribution in [3.63, 3.8) is 0 Å². The number of amides is 2. The summed E-state index contributed by atoms with van der Waals surface area (Å²) in [5.74, 6) is -1.53. The minimum atomic E-state index is -0.991. The summed E-state index contributed by atoms with van der Waals surface area (Å²) in [5.41, 5.74) is 3.13. The average molecular weight is 561 g/mol. The fraction of sp³-hybridized carbons (Fsp3) is 0.0833. The Kier molecular flexibility index (Phi) is 8.82. The molecule has 35 heavy (non-hydrogen) atoms. The van der Waals surface area contributed by atoms with E-state index in [1.165, 1.54) is 32.6 Å². The van der Waals surface area contributed by atoms with Crippen LogP contribution in [0.1, 0.15) is 15.9 Å². The summed E-state index contributed by atoms with van der Waals surface area (Å²) < 4.78 is 16.6. The molecule has 0 heterocycles. The minimum Gasteiger partial charge on any atom is -0.493 e. The second-order valence-corrected chi connectivity index (χ2v) is 8.15. The molecule has 3 aromatic rings. The number of hydrogen-bond donors (Lipinski definition) is 2. The Balaban J connectivity index is 1.69. The van der Waals surface area contributed by atoms with Crippen LogP contribution in [-0.4, -0.2) is 38.2 Å². The van der Waals surface area contributed by atoms with Gasteiger partial charge in [0, 0.05) is 20.7 Å². The molecule has 0 aliphatic heterocycles. The number of anilines is 1. The second kappa shape index (κ2) is 12.0. The standard InChI is InChI=1S/C24H19BrClN3O6/c1-33-20-9-3-14(12-21(20)34-2)24(32)35-19-10-4-16(25)11-15(19)13-27-29-23(31)22(30)28-18-7-5-17(26)6-8-18/h3-13H,1-2H3,(H,28,30)(H,29,31)/b27-13-. The zero-order valence-electron chi connectivity index (χ0n) is 18.5. The molecule has 0 unspecified atom stereocenters. The molecule has 0 spiro atoms. The van der Waals surface area contributed by atoms with Gasteiger partial charge in [0.15, 0.2) is 11.5 Å². The van der Waals surface area contributed by atoms with E-state index in [0.29, 0.717) is 32.2 Å². The van der Waals surface area contributed by atoms with Gasteiger partial charge in [-0.15, -0.1) is 0 Å². The van der Waals surface area contributed by atoms with E-state index in [1.807, 2.05) is 0 Å². The maximum Gasteiger partial charge on any atom is 0.343 e. The van der Waals surface area contributed by atoms with Gasteiger partial charge in [-0.05, 0) is 60.7 Å². The molecule has 0 radical (unpaired) electrons. The summed E-state index contributed by atoms with van der Waals surface area (Å²) in [6, 6.07) is 15.7. The Labute approximate surface area is 214 Å². The average Bonchev–Trinajstić information content (AvgIpc) is 2.86. The molecule has 0 aromatic heterocycles. The van der Waals surface area contributed by atoms with Crippen molar-refractivity contribution in [2.24, 2.45) is 5.10 Å². The quantitative estimate of drug-likeness (QED) is 0.145. The van der Waals surface area contributed by atoms with Crippen LogP contribution < -0.4 is 25.0 Å². The number of nitrogens with zero attached hydrogens (tertiary/aromatic N) is 1. The molecule has 0 atom stereocenters. The third-order valence-electron chi connectivity index (χ3n) is 4.47. The highest BCUT2D eigenvalue weighted by atomic mass is 79.9. The van der Waals surface area contributed by atoms with E-state index < -0.39 is 17.8 Å². The van der Waals surface area contributed by atoms with Crippen molar-refractivity contribution in [1.82, 2.24) is 5.43 Å². The number of halogens is 2. The molecule has 9 nitrogen and oxygen atoms in total. The lowest BCUT2D eigenvalue weighted by molar-refractivity contribution is -0.136. The Morgan fingerprint density at radius 3 is 2.26 bits per heavy atom. The minimum absolute atomic E-state index is 0.177. The molecule has 3 aromatic carbocycles. The number of esters is 1. The van der Waals surface area contributed by atoms with Crippen LogP contribution in [0.25, 0.3) is 0 Å². The van der Waals surface area contributed by atoms with Crippen molar-refractivity contribution in [3.8, 4) is 17.2 Å². The van der Waals surface area contributed by atoms with Gasteiger partial charge in [-0.25, -0.2) is 10.2 Å². The van der Waals surface area contributed by atoms with Crippen LogP contribution in [0.5, 0.6) is 17.2 Å². The van der Waals surface area contributed by atoms with Gasteiger partial charge in [0.2, 0.25) is 0 Å². The zero-order valence-corrected chi connectivity index (χ0v) is 20.8. The zero-order chi connectivity index (χ0) is 25.4. The van der Waals surface area contributed by atoms with E-state index in [1.54, 1.807) is 48.5 Å². The first kappa shape index (κ1) is 25.7. The monoisotopic (exact) mass is 559 g/mol. The summed E-state index contributed by atoms with van der Waals surface area (Å²) in [7, 11) is 2.95. The Hall–Kier alpha value is -3.89. The first-order valence-corrected chi connectivity index (χ1v) is 11.1. The van der Waals surface area contributed by atoms with E-state index in [0.717, 1.165) is 0 Å². The highest BCUT2D eigenvalue weighted by molar-refractivity contribution is 9.10. The van der Waals surface area contributed by atoms with Crippen molar-refractivity contribution >= 4 is 57.2 Å². The summed E-state index contributed by atoms with van der Waals surface area (Å²) in [6.07, 6.45) is 1.25. The van der Waals surface area contributed by atoms with Crippen molar-refractivity contribution in [1.29, 1.82) is 0 Å². The first-order valence-electron chi connectivity index (χ1n) is 9.94. The molecular weight excluding hydrogens is 542 g/mol. The lowest BCUT2D eigenvalue weighted by Gasteiger charge is -2.11. The van der Waals surface area contributed by atoms with Crippen molar-refractivity contribution < 1.29 is 28.6 Å². The van der Waals surface area contributed by atoms with Crippen molar-refractivity contribution in [2.45, 2.75) is 0 Å². The summed E-state index contributed by atoms with van der Waals surface area (Å²) in [6.45, 7) is 0. The summed E-state index contributed by atoms with van der Waals surface area (Å²) >= 11 is 9.13. The summed E-state index contributed by atoms with van der Waals surface area (Å²) in [4.78, 5) is 36.8. The van der Waals surface area contributed by atoms with Gasteiger partial charge >= 0.3 is 17.8 Å². The number of methoxy groups -OCH3 is 2. The van der Waals surface area contributed by atoms with Gasteiger partial charge in [0.05, 0.1) is 26.0 Å². The topological polar surface area (TPSA) is 115 Å². The Bertz CT molecular complexity index is 1280. The molecule has 0 fully saturated rings. The molecule has 2 amide bonds. The lowest BCUT2D eigenvalue weighted by Crippen LogP contribution is -2.32. The number of rotatable bonds is 7. The normalized spacial score (nSPS) is 10.5. The predicted octanol–water partition coefficient (Wildman–Crippen LogP) is 4.43. The number of benzene rings is 3. The molecule has 180 valence electrons. The van der Waals surface area contributed by atoms with Gasteiger partial charge < -0.3 is 19.5 Å². The van der Waals surface area contributed by atoms with Crippen LogP contribution in [0.4, 0.5) is 5.69 Å². The fourth-order valence-corrected chi connectivity index (χ4v) is 3.27. The second-order valence-electron chi connectivity index (χ2n) is 6.80. The third kappa shape index (κ3) is 7.05. The SMILES string of the molecule is COc1ccc(C(=O)Oc2ccc(Br)cc2/C=N\NC(=O)C(=O)Nc2ccc(Cl)cc2)cc1OC.